The normalized spacial score (nSPS) is 15.6. The number of carbonyl (C=O) groups is 1. The lowest BCUT2D eigenvalue weighted by atomic mass is 10.1. The lowest BCUT2D eigenvalue weighted by Gasteiger charge is -2.33. The highest BCUT2D eigenvalue weighted by molar-refractivity contribution is 7.10. The number of rotatable bonds is 2. The van der Waals surface area contributed by atoms with Gasteiger partial charge in [0.2, 0.25) is 5.91 Å². The molecule has 2 aliphatic heterocycles. The van der Waals surface area contributed by atoms with E-state index in [1.54, 1.807) is 4.90 Å². The van der Waals surface area contributed by atoms with Gasteiger partial charge in [0.25, 0.3) is 0 Å². The van der Waals surface area contributed by atoms with Gasteiger partial charge in [-0.3, -0.25) is 14.6 Å². The quantitative estimate of drug-likeness (QED) is 0.669. The van der Waals surface area contributed by atoms with Crippen LogP contribution in [0.25, 0.3) is 0 Å². The number of benzene rings is 2. The van der Waals surface area contributed by atoms with Crippen LogP contribution in [0.15, 0.2) is 60.0 Å². The molecule has 3 heterocycles. The number of thiophene rings is 1. The first kappa shape index (κ1) is 15.6. The zero-order valence-electron chi connectivity index (χ0n) is 14.2. The topological polar surface area (TPSA) is 32.8 Å². The molecule has 3 aromatic rings. The summed E-state index contributed by atoms with van der Waals surface area (Å²) in [5, 5.41) is 2.14. The highest BCUT2D eigenvalue weighted by Gasteiger charge is 2.30. The van der Waals surface area contributed by atoms with Crippen molar-refractivity contribution in [2.24, 2.45) is 0 Å². The van der Waals surface area contributed by atoms with E-state index >= 15 is 0 Å². The van der Waals surface area contributed by atoms with Crippen LogP contribution in [-0.2, 0) is 17.8 Å². The second kappa shape index (κ2) is 6.27. The highest BCUT2D eigenvalue weighted by Crippen LogP contribution is 2.46. The van der Waals surface area contributed by atoms with Crippen LogP contribution in [0, 0.1) is 0 Å². The molecule has 5 rings (SSSR count). The van der Waals surface area contributed by atoms with Gasteiger partial charge in [-0.2, -0.15) is 0 Å². The van der Waals surface area contributed by atoms with E-state index in [9.17, 15) is 4.79 Å². The van der Waals surface area contributed by atoms with Gasteiger partial charge < -0.3 is 4.74 Å². The van der Waals surface area contributed by atoms with Gasteiger partial charge in [0.05, 0.1) is 17.9 Å². The third kappa shape index (κ3) is 2.60. The zero-order chi connectivity index (χ0) is 17.5. The molecule has 1 amide bonds. The molecule has 0 radical (unpaired) electrons. The zero-order valence-corrected chi connectivity index (χ0v) is 15.0. The lowest BCUT2D eigenvalue weighted by Crippen LogP contribution is -2.41. The van der Waals surface area contributed by atoms with Crippen molar-refractivity contribution < 1.29 is 9.53 Å². The van der Waals surface area contributed by atoms with Gasteiger partial charge >= 0.3 is 0 Å². The van der Waals surface area contributed by atoms with Crippen molar-refractivity contribution in [2.75, 3.05) is 18.0 Å². The summed E-state index contributed by atoms with van der Waals surface area (Å²) < 4.78 is 5.98. The van der Waals surface area contributed by atoms with E-state index in [2.05, 4.69) is 16.3 Å². The molecule has 2 aromatic carbocycles. The van der Waals surface area contributed by atoms with E-state index in [1.807, 2.05) is 59.9 Å². The maximum atomic E-state index is 13.3. The number of carbonyl (C=O) groups excluding carboxylic acids is 1. The fraction of sp³-hybridized carbons (Fsp3) is 0.190. The van der Waals surface area contributed by atoms with E-state index < -0.39 is 0 Å². The monoisotopic (exact) mass is 362 g/mol. The van der Waals surface area contributed by atoms with E-state index in [0.717, 1.165) is 42.4 Å². The van der Waals surface area contributed by atoms with E-state index in [-0.39, 0.29) is 5.91 Å². The van der Waals surface area contributed by atoms with Crippen molar-refractivity contribution in [1.82, 2.24) is 4.90 Å². The van der Waals surface area contributed by atoms with Crippen molar-refractivity contribution in [2.45, 2.75) is 13.0 Å². The van der Waals surface area contributed by atoms with Crippen molar-refractivity contribution in [1.29, 1.82) is 0 Å². The molecule has 0 fully saturated rings. The molecule has 4 nitrogen and oxygen atoms in total. The van der Waals surface area contributed by atoms with Crippen molar-refractivity contribution in [3.8, 4) is 11.5 Å². The van der Waals surface area contributed by atoms with Crippen LogP contribution in [0.5, 0.6) is 11.5 Å². The number of para-hydroxylation sites is 4. The van der Waals surface area contributed by atoms with Gasteiger partial charge in [-0.1, -0.05) is 24.3 Å². The largest absolute Gasteiger partial charge is 0.453 e. The Kier molecular flexibility index (Phi) is 3.76. The van der Waals surface area contributed by atoms with Crippen molar-refractivity contribution in [3.63, 3.8) is 0 Å². The molecule has 0 bridgehead atoms. The van der Waals surface area contributed by atoms with E-state index in [0.29, 0.717) is 6.54 Å². The van der Waals surface area contributed by atoms with E-state index in [1.165, 1.54) is 10.4 Å². The second-order valence-electron chi connectivity index (χ2n) is 6.60. The summed E-state index contributed by atoms with van der Waals surface area (Å²) >= 11 is 1.82. The number of hydrogen-bond donors (Lipinski definition) is 0. The first-order chi connectivity index (χ1) is 12.8. The van der Waals surface area contributed by atoms with Crippen LogP contribution in [0.4, 0.5) is 11.4 Å². The summed E-state index contributed by atoms with van der Waals surface area (Å²) in [6.07, 6.45) is 1.02. The molecular formula is C21H18N2O2S. The Morgan fingerprint density at radius 1 is 1.00 bits per heavy atom. The molecule has 2 aliphatic rings. The van der Waals surface area contributed by atoms with Crippen LogP contribution >= 0.6 is 11.3 Å². The number of fused-ring (bicyclic) bond motifs is 3. The number of amides is 1. The number of ether oxygens (including phenoxy) is 1. The predicted octanol–water partition coefficient (Wildman–Crippen LogP) is 4.58. The molecule has 0 unspecified atom stereocenters. The predicted molar refractivity (Wildman–Crippen MR) is 103 cm³/mol. The second-order valence-corrected chi connectivity index (χ2v) is 7.60. The molecular weight excluding hydrogens is 344 g/mol. The molecule has 0 saturated carbocycles. The average molecular weight is 362 g/mol. The Morgan fingerprint density at radius 2 is 1.69 bits per heavy atom. The van der Waals surface area contributed by atoms with E-state index in [4.69, 9.17) is 4.74 Å². The maximum Gasteiger partial charge on any atom is 0.245 e. The Bertz CT molecular complexity index is 936. The van der Waals surface area contributed by atoms with Gasteiger partial charge in [0.15, 0.2) is 11.5 Å². The molecule has 0 atom stereocenters. The number of hydrogen-bond acceptors (Lipinski definition) is 4. The Labute approximate surface area is 156 Å². The number of anilines is 2. The summed E-state index contributed by atoms with van der Waals surface area (Å²) in [4.78, 5) is 18.8. The fourth-order valence-corrected chi connectivity index (χ4v) is 4.57. The minimum Gasteiger partial charge on any atom is -0.453 e. The molecule has 0 aliphatic carbocycles. The molecule has 0 spiro atoms. The standard InChI is InChI=1S/C21H18N2O2S/c24-21(14-22-11-9-20-15(13-22)10-12-26-20)23-16-5-1-3-7-18(16)25-19-8-4-2-6-17(19)23/h1-8,10,12H,9,11,13-14H2. The summed E-state index contributed by atoms with van der Waals surface area (Å²) in [6, 6.07) is 17.6. The summed E-state index contributed by atoms with van der Waals surface area (Å²) in [6.45, 7) is 2.17. The third-order valence-electron chi connectivity index (χ3n) is 4.93. The van der Waals surface area contributed by atoms with Gasteiger partial charge in [0.1, 0.15) is 0 Å². The third-order valence-corrected chi connectivity index (χ3v) is 5.95. The molecule has 0 saturated heterocycles. The molecule has 26 heavy (non-hydrogen) atoms. The highest BCUT2D eigenvalue weighted by atomic mass is 32.1. The van der Waals surface area contributed by atoms with Crippen molar-refractivity contribution in [3.05, 3.63) is 70.4 Å². The molecule has 130 valence electrons. The summed E-state index contributed by atoms with van der Waals surface area (Å²) in [5.74, 6) is 1.52. The van der Waals surface area contributed by atoms with Gasteiger partial charge in [-0.25, -0.2) is 0 Å². The smallest absolute Gasteiger partial charge is 0.245 e. The minimum absolute atomic E-state index is 0.0758. The van der Waals surface area contributed by atoms with Crippen LogP contribution < -0.4 is 9.64 Å². The molecule has 0 N–H and O–H groups in total. The van der Waals surface area contributed by atoms with Crippen molar-refractivity contribution >= 4 is 28.6 Å². The maximum absolute atomic E-state index is 13.3. The van der Waals surface area contributed by atoms with Crippen LogP contribution in [0.3, 0.4) is 0 Å². The Balaban J connectivity index is 1.45. The van der Waals surface area contributed by atoms with Crippen LogP contribution in [-0.4, -0.2) is 23.9 Å². The minimum atomic E-state index is 0.0758. The first-order valence-electron chi connectivity index (χ1n) is 8.76. The number of nitrogens with zero attached hydrogens (tertiary/aromatic N) is 2. The average Bonchev–Trinajstić information content (AvgIpc) is 3.13. The molecule has 1 aromatic heterocycles. The Morgan fingerprint density at radius 3 is 2.42 bits per heavy atom. The summed E-state index contributed by atoms with van der Waals surface area (Å²) in [7, 11) is 0. The first-order valence-corrected chi connectivity index (χ1v) is 9.64. The molecule has 5 heteroatoms. The van der Waals surface area contributed by atoms with Crippen LogP contribution in [0.1, 0.15) is 10.4 Å². The van der Waals surface area contributed by atoms with Crippen LogP contribution in [0.2, 0.25) is 0 Å². The SMILES string of the molecule is O=C(CN1CCc2sccc2C1)N1c2ccccc2Oc2ccccc21. The Hall–Kier alpha value is -2.63. The lowest BCUT2D eigenvalue weighted by molar-refractivity contribution is -0.119. The van der Waals surface area contributed by atoms with Gasteiger partial charge in [-0.05, 0) is 47.7 Å². The van der Waals surface area contributed by atoms with Gasteiger partial charge in [-0.15, -0.1) is 11.3 Å². The fourth-order valence-electron chi connectivity index (χ4n) is 3.68. The van der Waals surface area contributed by atoms with Gasteiger partial charge in [0, 0.05) is 18.0 Å². The summed E-state index contributed by atoms with van der Waals surface area (Å²) in [5.41, 5.74) is 2.98.